The van der Waals surface area contributed by atoms with Crippen molar-refractivity contribution in [1.82, 2.24) is 4.98 Å². The molecule has 2 rings (SSSR count). The lowest BCUT2D eigenvalue weighted by Crippen LogP contribution is -2.43. The quantitative estimate of drug-likeness (QED) is 0.497. The van der Waals surface area contributed by atoms with Crippen LogP contribution in [0.25, 0.3) is 10.9 Å². The van der Waals surface area contributed by atoms with Crippen LogP contribution in [0.15, 0.2) is 36.5 Å². The maximum Gasteiger partial charge on any atom is 0.145 e. The van der Waals surface area contributed by atoms with E-state index in [0.717, 1.165) is 11.9 Å². The number of hydrogen-bond donors (Lipinski definition) is 0. The number of aromatic nitrogens is 1. The smallest absolute Gasteiger partial charge is 0.145 e. The summed E-state index contributed by atoms with van der Waals surface area (Å²) in [5, 5.41) is 1.20. The normalized spacial score (nSPS) is 12.0. The molecule has 1 aromatic carbocycles. The zero-order valence-corrected chi connectivity index (χ0v) is 16.4. The predicted molar refractivity (Wildman–Crippen MR) is 104 cm³/mol. The van der Waals surface area contributed by atoms with E-state index in [9.17, 15) is 0 Å². The minimum absolute atomic E-state index is 0.681. The van der Waals surface area contributed by atoms with Crippen LogP contribution in [0.2, 0.25) is 16.6 Å². The van der Waals surface area contributed by atoms with Crippen molar-refractivity contribution in [2.24, 2.45) is 0 Å². The Morgan fingerprint density at radius 1 is 0.913 bits per heavy atom. The van der Waals surface area contributed by atoms with Crippen molar-refractivity contribution in [3.63, 3.8) is 0 Å². The number of para-hydroxylation sites is 1. The van der Waals surface area contributed by atoms with Gasteiger partial charge in [0.15, 0.2) is 0 Å². The molecule has 0 atom stereocenters. The fourth-order valence-electron chi connectivity index (χ4n) is 4.04. The van der Waals surface area contributed by atoms with Gasteiger partial charge < -0.3 is 0 Å². The maximum atomic E-state index is 4.55. The van der Waals surface area contributed by atoms with Gasteiger partial charge in [0.05, 0.1) is 5.52 Å². The second-order valence-corrected chi connectivity index (χ2v) is 12.9. The van der Waals surface area contributed by atoms with Gasteiger partial charge in [-0.05, 0) is 28.3 Å². The van der Waals surface area contributed by atoms with Gasteiger partial charge in [-0.1, -0.05) is 65.8 Å². The Labute approximate surface area is 142 Å². The van der Waals surface area contributed by atoms with E-state index in [4.69, 9.17) is 0 Å². The largest absolute Gasteiger partial charge is 0.256 e. The molecule has 1 nitrogen and oxygen atoms in total. The van der Waals surface area contributed by atoms with E-state index >= 15 is 0 Å². The monoisotopic (exact) mass is 323 g/mol. The Hall–Kier alpha value is -1.59. The molecular formula is C21H29NSi. The van der Waals surface area contributed by atoms with Crippen LogP contribution in [0.4, 0.5) is 0 Å². The first-order valence-electron chi connectivity index (χ1n) is 8.72. The second kappa shape index (κ2) is 7.32. The number of fused-ring (bicyclic) bond motifs is 1. The summed E-state index contributed by atoms with van der Waals surface area (Å²) in [5.41, 5.74) is 8.19. The predicted octanol–water partition coefficient (Wildman–Crippen LogP) is 6.00. The van der Waals surface area contributed by atoms with Crippen molar-refractivity contribution in [2.45, 2.75) is 64.6 Å². The minimum Gasteiger partial charge on any atom is -0.256 e. The van der Waals surface area contributed by atoms with E-state index in [1.54, 1.807) is 0 Å². The zero-order valence-electron chi connectivity index (χ0n) is 15.4. The van der Waals surface area contributed by atoms with Crippen LogP contribution >= 0.6 is 0 Å². The highest BCUT2D eigenvalue weighted by molar-refractivity contribution is 6.90. The van der Waals surface area contributed by atoms with Gasteiger partial charge in [-0.25, -0.2) is 0 Å². The van der Waals surface area contributed by atoms with Gasteiger partial charge in [0.1, 0.15) is 8.07 Å². The SMILES string of the molecule is CC(C)[Si](C#CCc1cccc2cccnc12)(C(C)C)C(C)C. The molecule has 0 radical (unpaired) electrons. The summed E-state index contributed by atoms with van der Waals surface area (Å²) in [6.07, 6.45) is 2.67. The van der Waals surface area contributed by atoms with E-state index in [-0.39, 0.29) is 0 Å². The fourth-order valence-corrected chi connectivity index (χ4v) is 9.30. The van der Waals surface area contributed by atoms with E-state index < -0.39 is 8.07 Å². The third-order valence-electron chi connectivity index (χ3n) is 5.17. The fraction of sp³-hybridized carbons (Fsp3) is 0.476. The van der Waals surface area contributed by atoms with Gasteiger partial charge in [0, 0.05) is 18.0 Å². The second-order valence-electron chi connectivity index (χ2n) is 7.37. The molecule has 0 unspecified atom stereocenters. The highest BCUT2D eigenvalue weighted by atomic mass is 28.3. The van der Waals surface area contributed by atoms with Gasteiger partial charge in [-0.2, -0.15) is 0 Å². The third kappa shape index (κ3) is 3.51. The van der Waals surface area contributed by atoms with Crippen LogP contribution in [-0.2, 0) is 6.42 Å². The molecule has 0 amide bonds. The van der Waals surface area contributed by atoms with Gasteiger partial charge in [0.2, 0.25) is 0 Å². The Kier molecular flexibility index (Phi) is 5.65. The van der Waals surface area contributed by atoms with Crippen LogP contribution in [0.3, 0.4) is 0 Å². The Bertz CT molecular complexity index is 692. The molecule has 2 aromatic rings. The van der Waals surface area contributed by atoms with Crippen molar-refractivity contribution >= 4 is 19.0 Å². The molecule has 0 aliphatic rings. The summed E-state index contributed by atoms with van der Waals surface area (Å²) in [6.45, 7) is 14.2. The highest BCUT2D eigenvalue weighted by Gasteiger charge is 2.41. The van der Waals surface area contributed by atoms with Gasteiger partial charge in [0.25, 0.3) is 0 Å². The molecule has 122 valence electrons. The van der Waals surface area contributed by atoms with E-state index in [1.807, 2.05) is 12.3 Å². The van der Waals surface area contributed by atoms with Crippen LogP contribution < -0.4 is 0 Å². The number of hydrogen-bond acceptors (Lipinski definition) is 1. The first kappa shape index (κ1) is 17.8. The van der Waals surface area contributed by atoms with Gasteiger partial charge >= 0.3 is 0 Å². The Morgan fingerprint density at radius 2 is 1.52 bits per heavy atom. The lowest BCUT2D eigenvalue weighted by molar-refractivity contribution is 0.838. The van der Waals surface area contributed by atoms with Crippen molar-refractivity contribution in [1.29, 1.82) is 0 Å². The summed E-state index contributed by atoms with van der Waals surface area (Å²) in [6, 6.07) is 10.5. The Morgan fingerprint density at radius 3 is 2.13 bits per heavy atom. The molecule has 1 aromatic heterocycles. The van der Waals surface area contributed by atoms with Gasteiger partial charge in [-0.15, -0.1) is 11.5 Å². The van der Waals surface area contributed by atoms with Crippen LogP contribution in [-0.4, -0.2) is 13.1 Å². The summed E-state index contributed by atoms with van der Waals surface area (Å²) in [4.78, 5) is 4.55. The molecule has 0 saturated carbocycles. The van der Waals surface area contributed by atoms with Crippen molar-refractivity contribution in [2.75, 3.05) is 0 Å². The van der Waals surface area contributed by atoms with E-state index in [0.29, 0.717) is 16.6 Å². The molecule has 1 heterocycles. The highest BCUT2D eigenvalue weighted by Crippen LogP contribution is 2.40. The molecule has 2 heteroatoms. The number of nitrogens with zero attached hydrogens (tertiary/aromatic N) is 1. The molecule has 0 bridgehead atoms. The molecule has 0 spiro atoms. The summed E-state index contributed by atoms with van der Waals surface area (Å²) in [7, 11) is -1.63. The van der Waals surface area contributed by atoms with Crippen molar-refractivity contribution in [3.05, 3.63) is 42.1 Å². The molecule has 0 fully saturated rings. The topological polar surface area (TPSA) is 12.9 Å². The van der Waals surface area contributed by atoms with E-state index in [2.05, 4.69) is 82.3 Å². The van der Waals surface area contributed by atoms with Crippen molar-refractivity contribution < 1.29 is 0 Å². The first-order chi connectivity index (χ1) is 10.9. The average molecular weight is 324 g/mol. The number of rotatable bonds is 4. The number of benzene rings is 1. The zero-order chi connectivity index (χ0) is 17.0. The minimum atomic E-state index is -1.63. The molecular weight excluding hydrogens is 294 g/mol. The average Bonchev–Trinajstić information content (AvgIpc) is 2.50. The van der Waals surface area contributed by atoms with Gasteiger partial charge in [-0.3, -0.25) is 4.98 Å². The molecule has 0 saturated heterocycles. The summed E-state index contributed by atoms with van der Waals surface area (Å²) in [5.74, 6) is 3.55. The third-order valence-corrected chi connectivity index (χ3v) is 11.5. The number of pyridine rings is 1. The maximum absolute atomic E-state index is 4.55. The van der Waals surface area contributed by atoms with Crippen LogP contribution in [0.1, 0.15) is 47.1 Å². The Balaban J connectivity index is 2.37. The molecule has 23 heavy (non-hydrogen) atoms. The lowest BCUT2D eigenvalue weighted by atomic mass is 10.1. The molecule has 0 aliphatic carbocycles. The summed E-state index contributed by atoms with van der Waals surface area (Å²) >= 11 is 0. The van der Waals surface area contributed by atoms with Crippen LogP contribution in [0.5, 0.6) is 0 Å². The molecule has 0 N–H and O–H groups in total. The van der Waals surface area contributed by atoms with Crippen molar-refractivity contribution in [3.8, 4) is 11.5 Å². The lowest BCUT2D eigenvalue weighted by Gasteiger charge is -2.38. The van der Waals surface area contributed by atoms with E-state index in [1.165, 1.54) is 10.9 Å². The standard InChI is InChI=1S/C21H29NSi/c1-16(2)23(17(3)4,18(5)6)15-9-13-20-11-7-10-19-12-8-14-22-21(19)20/h7-8,10-12,14,16-18H,13H2,1-6H3. The molecule has 0 aliphatic heterocycles. The van der Waals surface area contributed by atoms with Crippen LogP contribution in [0, 0.1) is 11.5 Å². The summed E-state index contributed by atoms with van der Waals surface area (Å²) < 4.78 is 0. The first-order valence-corrected chi connectivity index (χ1v) is 11.0.